The molecule has 1 aromatic carbocycles. The third kappa shape index (κ3) is 3.97. The Hall–Kier alpha value is -2.82. The molecule has 0 aliphatic carbocycles. The molecule has 1 saturated heterocycles. The number of anilines is 1. The molecule has 5 heteroatoms. The molecule has 4 rings (SSSR count). The zero-order chi connectivity index (χ0) is 18.6. The number of aromatic amines is 1. The molecule has 1 fully saturated rings. The van der Waals surface area contributed by atoms with Gasteiger partial charge in [-0.1, -0.05) is 25.1 Å². The molecule has 1 aliphatic rings. The van der Waals surface area contributed by atoms with E-state index in [2.05, 4.69) is 39.2 Å². The Morgan fingerprint density at radius 2 is 2.07 bits per heavy atom. The molecular weight excluding hydrogens is 336 g/mol. The predicted molar refractivity (Wildman–Crippen MR) is 109 cm³/mol. The van der Waals surface area contributed by atoms with Crippen molar-refractivity contribution in [3.63, 3.8) is 0 Å². The smallest absolute Gasteiger partial charge is 0.269 e. The van der Waals surface area contributed by atoms with Crippen LogP contribution in [0.1, 0.15) is 35.8 Å². The summed E-state index contributed by atoms with van der Waals surface area (Å²) in [6.45, 7) is 4.99. The molecule has 0 radical (unpaired) electrons. The summed E-state index contributed by atoms with van der Waals surface area (Å²) in [6.07, 6.45) is 6.96. The number of carbonyl (C=O) groups is 1. The number of nitrogens with zero attached hydrogens (tertiary/aromatic N) is 2. The van der Waals surface area contributed by atoms with Crippen LogP contribution >= 0.6 is 0 Å². The van der Waals surface area contributed by atoms with Crippen LogP contribution in [0.5, 0.6) is 0 Å². The van der Waals surface area contributed by atoms with E-state index in [1.54, 1.807) is 6.20 Å². The van der Waals surface area contributed by atoms with Crippen molar-refractivity contribution in [1.82, 2.24) is 15.3 Å². The number of para-hydroxylation sites is 1. The van der Waals surface area contributed by atoms with Gasteiger partial charge in [0.1, 0.15) is 5.69 Å². The monoisotopic (exact) mass is 362 g/mol. The van der Waals surface area contributed by atoms with E-state index in [-0.39, 0.29) is 5.91 Å². The lowest BCUT2D eigenvalue weighted by molar-refractivity contribution is 0.0949. The van der Waals surface area contributed by atoms with E-state index in [1.807, 2.05) is 30.5 Å². The number of piperidine rings is 1. The average Bonchev–Trinajstić information content (AvgIpc) is 3.12. The highest BCUT2D eigenvalue weighted by Crippen LogP contribution is 2.23. The summed E-state index contributed by atoms with van der Waals surface area (Å²) in [5, 5.41) is 4.22. The number of carbonyl (C=O) groups excluding carboxylic acids is 1. The number of H-pyrrole nitrogens is 1. The van der Waals surface area contributed by atoms with E-state index >= 15 is 0 Å². The number of aromatic nitrogens is 2. The second-order valence-electron chi connectivity index (χ2n) is 7.43. The lowest BCUT2D eigenvalue weighted by atomic mass is 9.99. The van der Waals surface area contributed by atoms with Crippen LogP contribution in [0.2, 0.25) is 0 Å². The van der Waals surface area contributed by atoms with E-state index in [0.29, 0.717) is 12.2 Å². The van der Waals surface area contributed by atoms with Gasteiger partial charge in [0.05, 0.1) is 0 Å². The fourth-order valence-corrected chi connectivity index (χ4v) is 3.75. The fourth-order valence-electron chi connectivity index (χ4n) is 3.75. The summed E-state index contributed by atoms with van der Waals surface area (Å²) in [5.74, 6) is 0.678. The van der Waals surface area contributed by atoms with Crippen molar-refractivity contribution in [1.29, 1.82) is 0 Å². The van der Waals surface area contributed by atoms with Gasteiger partial charge in [-0.25, -0.2) is 0 Å². The van der Waals surface area contributed by atoms with Gasteiger partial charge in [0, 0.05) is 48.6 Å². The number of fused-ring (bicyclic) bond motifs is 1. The largest absolute Gasteiger partial charge is 0.371 e. The topological polar surface area (TPSA) is 61.0 Å². The molecule has 27 heavy (non-hydrogen) atoms. The number of nitrogens with one attached hydrogen (secondary N) is 2. The summed E-state index contributed by atoms with van der Waals surface area (Å²) in [4.78, 5) is 22.4. The molecule has 3 heterocycles. The predicted octanol–water partition coefficient (Wildman–Crippen LogP) is 3.77. The minimum atomic E-state index is -0.109. The van der Waals surface area contributed by atoms with Crippen LogP contribution in [-0.2, 0) is 6.42 Å². The molecule has 1 aliphatic heterocycles. The van der Waals surface area contributed by atoms with Crippen molar-refractivity contribution in [2.45, 2.75) is 26.2 Å². The van der Waals surface area contributed by atoms with Crippen molar-refractivity contribution < 1.29 is 4.79 Å². The Kier molecular flexibility index (Phi) is 5.10. The van der Waals surface area contributed by atoms with Gasteiger partial charge in [-0.05, 0) is 48.9 Å². The van der Waals surface area contributed by atoms with E-state index in [1.165, 1.54) is 23.8 Å². The highest BCUT2D eigenvalue weighted by molar-refractivity contribution is 5.93. The standard InChI is InChI=1S/C22H26N4O/c1-16-8-12-26(13-9-16)18-7-11-23-21(14-18)22(27)24-10-6-17-15-25-20-5-3-2-4-19(17)20/h2-5,7,11,14-16,25H,6,8-10,12-13H2,1H3,(H,24,27). The molecule has 5 nitrogen and oxygen atoms in total. The first-order valence-corrected chi connectivity index (χ1v) is 9.75. The fraction of sp³-hybridized carbons (Fsp3) is 0.364. The molecule has 2 N–H and O–H groups in total. The van der Waals surface area contributed by atoms with Gasteiger partial charge in [-0.15, -0.1) is 0 Å². The van der Waals surface area contributed by atoms with Crippen LogP contribution in [0.15, 0.2) is 48.8 Å². The third-order valence-electron chi connectivity index (χ3n) is 5.48. The molecule has 0 spiro atoms. The highest BCUT2D eigenvalue weighted by Gasteiger charge is 2.17. The van der Waals surface area contributed by atoms with Gasteiger partial charge in [-0.3, -0.25) is 9.78 Å². The number of rotatable bonds is 5. The summed E-state index contributed by atoms with van der Waals surface area (Å²) < 4.78 is 0. The van der Waals surface area contributed by atoms with E-state index in [9.17, 15) is 4.79 Å². The maximum absolute atomic E-state index is 12.5. The first-order chi connectivity index (χ1) is 13.2. The van der Waals surface area contributed by atoms with Crippen LogP contribution in [0, 0.1) is 5.92 Å². The SMILES string of the molecule is CC1CCN(c2ccnc(C(=O)NCCc3c[nH]c4ccccc34)c2)CC1. The van der Waals surface area contributed by atoms with Crippen molar-refractivity contribution in [2.24, 2.45) is 5.92 Å². The van der Waals surface area contributed by atoms with Crippen molar-refractivity contribution in [3.8, 4) is 0 Å². The zero-order valence-electron chi connectivity index (χ0n) is 15.7. The first kappa shape index (κ1) is 17.6. The minimum absolute atomic E-state index is 0.109. The van der Waals surface area contributed by atoms with Gasteiger partial charge in [-0.2, -0.15) is 0 Å². The molecule has 0 unspecified atom stereocenters. The van der Waals surface area contributed by atoms with Crippen LogP contribution in [-0.4, -0.2) is 35.5 Å². The first-order valence-electron chi connectivity index (χ1n) is 9.75. The van der Waals surface area contributed by atoms with Crippen molar-refractivity contribution in [2.75, 3.05) is 24.5 Å². The van der Waals surface area contributed by atoms with Gasteiger partial charge >= 0.3 is 0 Å². The maximum atomic E-state index is 12.5. The molecular formula is C22H26N4O. The van der Waals surface area contributed by atoms with Crippen molar-refractivity contribution in [3.05, 3.63) is 60.0 Å². The molecule has 0 atom stereocenters. The zero-order valence-corrected chi connectivity index (χ0v) is 15.7. The molecule has 3 aromatic rings. The average molecular weight is 362 g/mol. The Balaban J connectivity index is 1.36. The summed E-state index contributed by atoms with van der Waals surface area (Å²) in [7, 11) is 0. The molecule has 0 saturated carbocycles. The highest BCUT2D eigenvalue weighted by atomic mass is 16.1. The molecule has 2 aromatic heterocycles. The van der Waals surface area contributed by atoms with Crippen LogP contribution in [0.4, 0.5) is 5.69 Å². The number of amides is 1. The lowest BCUT2D eigenvalue weighted by Crippen LogP contribution is -2.33. The Bertz CT molecular complexity index is 925. The van der Waals surface area contributed by atoms with E-state index in [0.717, 1.165) is 36.6 Å². The molecule has 0 bridgehead atoms. The Morgan fingerprint density at radius 1 is 1.26 bits per heavy atom. The number of benzene rings is 1. The van der Waals surface area contributed by atoms with Gasteiger partial charge in [0.2, 0.25) is 0 Å². The Morgan fingerprint density at radius 3 is 2.93 bits per heavy atom. The molecule has 1 amide bonds. The van der Waals surface area contributed by atoms with E-state index < -0.39 is 0 Å². The normalized spacial score (nSPS) is 15.2. The van der Waals surface area contributed by atoms with Gasteiger partial charge in [0.15, 0.2) is 0 Å². The van der Waals surface area contributed by atoms with Crippen LogP contribution in [0.25, 0.3) is 10.9 Å². The van der Waals surface area contributed by atoms with Crippen LogP contribution in [0.3, 0.4) is 0 Å². The summed E-state index contributed by atoms with van der Waals surface area (Å²) in [5.41, 5.74) is 3.93. The quantitative estimate of drug-likeness (QED) is 0.726. The summed E-state index contributed by atoms with van der Waals surface area (Å²) >= 11 is 0. The summed E-state index contributed by atoms with van der Waals surface area (Å²) in [6, 6.07) is 12.1. The van der Waals surface area contributed by atoms with E-state index in [4.69, 9.17) is 0 Å². The number of hydrogen-bond acceptors (Lipinski definition) is 3. The number of pyridine rings is 1. The number of hydrogen-bond donors (Lipinski definition) is 2. The van der Waals surface area contributed by atoms with Crippen molar-refractivity contribution >= 4 is 22.5 Å². The Labute approximate surface area is 159 Å². The second-order valence-corrected chi connectivity index (χ2v) is 7.43. The van der Waals surface area contributed by atoms with Crippen LogP contribution < -0.4 is 10.2 Å². The molecule has 140 valence electrons. The van der Waals surface area contributed by atoms with Gasteiger partial charge < -0.3 is 15.2 Å². The van der Waals surface area contributed by atoms with Gasteiger partial charge in [0.25, 0.3) is 5.91 Å². The second kappa shape index (κ2) is 7.82. The third-order valence-corrected chi connectivity index (χ3v) is 5.48. The lowest BCUT2D eigenvalue weighted by Gasteiger charge is -2.32. The minimum Gasteiger partial charge on any atom is -0.371 e. The maximum Gasteiger partial charge on any atom is 0.269 e.